The Morgan fingerprint density at radius 1 is 0.862 bits per heavy atom. The van der Waals surface area contributed by atoms with Crippen LogP contribution >= 0.6 is 0 Å². The average Bonchev–Trinajstić information content (AvgIpc) is 3.04. The smallest absolute Gasteiger partial charge is 0.340 e. The predicted molar refractivity (Wildman–Crippen MR) is 112 cm³/mol. The van der Waals surface area contributed by atoms with Crippen LogP contribution in [0.4, 0.5) is 13.2 Å². The minimum atomic E-state index is -4.38. The van der Waals surface area contributed by atoms with Crippen molar-refractivity contribution in [1.82, 2.24) is 9.55 Å². The van der Waals surface area contributed by atoms with Crippen molar-refractivity contribution in [2.24, 2.45) is 0 Å². The molecule has 150 valence electrons. The molecule has 0 saturated heterocycles. The molecule has 0 atom stereocenters. The molecular weight excluding hydrogens is 373 g/mol. The highest BCUT2D eigenvalue weighted by Crippen LogP contribution is 2.34. The molecule has 4 aromatic rings. The van der Waals surface area contributed by atoms with Crippen molar-refractivity contribution in [3.63, 3.8) is 0 Å². The third kappa shape index (κ3) is 3.86. The van der Waals surface area contributed by atoms with Gasteiger partial charge in [-0.3, -0.25) is 4.98 Å². The molecule has 5 heteroatoms. The third-order valence-electron chi connectivity index (χ3n) is 5.39. The number of rotatable bonds is 6. The van der Waals surface area contributed by atoms with Crippen LogP contribution in [0.1, 0.15) is 38.2 Å². The van der Waals surface area contributed by atoms with Crippen LogP contribution in [0.5, 0.6) is 0 Å². The van der Waals surface area contributed by atoms with Gasteiger partial charge in [0, 0.05) is 40.1 Å². The van der Waals surface area contributed by atoms with Crippen LogP contribution in [-0.2, 0) is 12.7 Å². The first kappa shape index (κ1) is 19.5. The summed E-state index contributed by atoms with van der Waals surface area (Å²) in [5.74, 6) is 0. The summed E-state index contributed by atoms with van der Waals surface area (Å²) in [6, 6.07) is 16.2. The Balaban J connectivity index is 1.81. The lowest BCUT2D eigenvalue weighted by Crippen LogP contribution is -2.05. The lowest BCUT2D eigenvalue weighted by Gasteiger charge is -2.10. The summed E-state index contributed by atoms with van der Waals surface area (Å²) >= 11 is 0. The normalized spacial score (nSPS) is 12.1. The number of nitrogens with zero attached hydrogens (tertiary/aromatic N) is 2. The summed E-state index contributed by atoms with van der Waals surface area (Å²) in [7, 11) is 0. The first-order valence-corrected chi connectivity index (χ1v) is 10.0. The summed E-state index contributed by atoms with van der Waals surface area (Å²) in [5, 5.41) is 2.29. The topological polar surface area (TPSA) is 17.8 Å². The van der Waals surface area contributed by atoms with Gasteiger partial charge in [-0.05, 0) is 30.7 Å². The SMILES string of the molecule is CCCCCCn1c2ccccc2c2ccc(-c3cc(C(F)(F)F)ccn3)cc21. The summed E-state index contributed by atoms with van der Waals surface area (Å²) in [6.45, 7) is 3.08. The summed E-state index contributed by atoms with van der Waals surface area (Å²) < 4.78 is 41.6. The predicted octanol–water partition coefficient (Wildman–Crippen LogP) is 7.46. The highest BCUT2D eigenvalue weighted by Gasteiger charge is 2.30. The van der Waals surface area contributed by atoms with Crippen LogP contribution in [0.15, 0.2) is 60.8 Å². The van der Waals surface area contributed by atoms with E-state index in [0.717, 1.165) is 41.5 Å². The fourth-order valence-corrected chi connectivity index (χ4v) is 3.91. The van der Waals surface area contributed by atoms with Crippen LogP contribution in [0.3, 0.4) is 0 Å². The van der Waals surface area contributed by atoms with Crippen molar-refractivity contribution < 1.29 is 13.2 Å². The second kappa shape index (κ2) is 7.90. The van der Waals surface area contributed by atoms with Crippen molar-refractivity contribution >= 4 is 21.8 Å². The standard InChI is InChI=1S/C24H23F3N2/c1-2-3-4-7-14-29-22-9-6-5-8-19(22)20-11-10-17(15-23(20)29)21-16-18(12-13-28-21)24(25,26)27/h5-6,8-13,15-16H,2-4,7,14H2,1H3. The first-order chi connectivity index (χ1) is 14.0. The van der Waals surface area contributed by atoms with Crippen LogP contribution < -0.4 is 0 Å². The van der Waals surface area contributed by atoms with Gasteiger partial charge in [0.25, 0.3) is 0 Å². The minimum Gasteiger partial charge on any atom is -0.340 e. The molecule has 0 N–H and O–H groups in total. The molecule has 0 aliphatic heterocycles. The maximum Gasteiger partial charge on any atom is 0.416 e. The molecule has 0 aliphatic carbocycles. The number of halogens is 3. The van der Waals surface area contributed by atoms with Gasteiger partial charge < -0.3 is 4.57 Å². The van der Waals surface area contributed by atoms with Gasteiger partial charge in [0.1, 0.15) is 0 Å². The number of alkyl halides is 3. The third-order valence-corrected chi connectivity index (χ3v) is 5.39. The number of para-hydroxylation sites is 1. The van der Waals surface area contributed by atoms with Crippen LogP contribution in [0, 0.1) is 0 Å². The number of pyridine rings is 1. The van der Waals surface area contributed by atoms with E-state index in [1.807, 2.05) is 30.3 Å². The van der Waals surface area contributed by atoms with E-state index in [1.165, 1.54) is 30.8 Å². The molecule has 2 heterocycles. The Labute approximate surface area is 168 Å². The Morgan fingerprint density at radius 2 is 1.66 bits per heavy atom. The lowest BCUT2D eigenvalue weighted by molar-refractivity contribution is -0.137. The first-order valence-electron chi connectivity index (χ1n) is 10.0. The molecule has 4 rings (SSSR count). The highest BCUT2D eigenvalue weighted by molar-refractivity contribution is 6.08. The minimum absolute atomic E-state index is 0.338. The summed E-state index contributed by atoms with van der Waals surface area (Å²) in [5.41, 5.74) is 2.56. The van der Waals surface area contributed by atoms with Crippen LogP contribution in [0.2, 0.25) is 0 Å². The molecule has 0 amide bonds. The van der Waals surface area contributed by atoms with Gasteiger partial charge in [0.2, 0.25) is 0 Å². The van der Waals surface area contributed by atoms with E-state index >= 15 is 0 Å². The van der Waals surface area contributed by atoms with E-state index in [-0.39, 0.29) is 0 Å². The largest absolute Gasteiger partial charge is 0.416 e. The molecule has 0 saturated carbocycles. The van der Waals surface area contributed by atoms with E-state index < -0.39 is 11.7 Å². The molecule has 0 aliphatic rings. The van der Waals surface area contributed by atoms with Crippen LogP contribution in [0.25, 0.3) is 33.1 Å². The molecule has 0 bridgehead atoms. The number of aromatic nitrogens is 2. The van der Waals surface area contributed by atoms with Crippen molar-refractivity contribution in [2.75, 3.05) is 0 Å². The van der Waals surface area contributed by atoms with Crippen molar-refractivity contribution in [3.8, 4) is 11.3 Å². The molecule has 2 nitrogen and oxygen atoms in total. The second-order valence-electron chi connectivity index (χ2n) is 7.39. The molecule has 0 radical (unpaired) electrons. The zero-order valence-corrected chi connectivity index (χ0v) is 16.3. The number of hydrogen-bond acceptors (Lipinski definition) is 1. The number of fused-ring (bicyclic) bond motifs is 3. The molecule has 0 fully saturated rings. The fourth-order valence-electron chi connectivity index (χ4n) is 3.91. The van der Waals surface area contributed by atoms with E-state index in [2.05, 4.69) is 28.6 Å². The summed E-state index contributed by atoms with van der Waals surface area (Å²) in [4.78, 5) is 4.19. The lowest BCUT2D eigenvalue weighted by atomic mass is 10.1. The number of unbranched alkanes of at least 4 members (excludes halogenated alkanes) is 3. The molecule has 2 aromatic heterocycles. The van der Waals surface area contributed by atoms with E-state index in [4.69, 9.17) is 0 Å². The van der Waals surface area contributed by atoms with Gasteiger partial charge in [0.15, 0.2) is 0 Å². The number of hydrogen-bond donors (Lipinski definition) is 0. The van der Waals surface area contributed by atoms with Crippen molar-refractivity contribution in [2.45, 2.75) is 45.3 Å². The number of benzene rings is 2. The Kier molecular flexibility index (Phi) is 5.31. The Morgan fingerprint density at radius 3 is 2.45 bits per heavy atom. The summed E-state index contributed by atoms with van der Waals surface area (Å²) in [6.07, 6.45) is 1.47. The maximum atomic E-state index is 13.1. The van der Waals surface area contributed by atoms with E-state index in [1.54, 1.807) is 0 Å². The highest BCUT2D eigenvalue weighted by atomic mass is 19.4. The fraction of sp³-hybridized carbons (Fsp3) is 0.292. The zero-order chi connectivity index (χ0) is 20.4. The van der Waals surface area contributed by atoms with Gasteiger partial charge in [-0.25, -0.2) is 0 Å². The van der Waals surface area contributed by atoms with Crippen LogP contribution in [-0.4, -0.2) is 9.55 Å². The van der Waals surface area contributed by atoms with Gasteiger partial charge in [-0.2, -0.15) is 13.2 Å². The average molecular weight is 396 g/mol. The van der Waals surface area contributed by atoms with Crippen molar-refractivity contribution in [1.29, 1.82) is 0 Å². The molecule has 29 heavy (non-hydrogen) atoms. The maximum absolute atomic E-state index is 13.1. The quantitative estimate of drug-likeness (QED) is 0.309. The van der Waals surface area contributed by atoms with Gasteiger partial charge in [-0.1, -0.05) is 56.5 Å². The molecule has 0 spiro atoms. The monoisotopic (exact) mass is 396 g/mol. The Bertz CT molecular complexity index is 1140. The van der Waals surface area contributed by atoms with Gasteiger partial charge in [0.05, 0.1) is 11.3 Å². The van der Waals surface area contributed by atoms with E-state index in [0.29, 0.717) is 11.3 Å². The second-order valence-corrected chi connectivity index (χ2v) is 7.39. The molecule has 2 aromatic carbocycles. The van der Waals surface area contributed by atoms with Gasteiger partial charge in [-0.15, -0.1) is 0 Å². The molecule has 0 unspecified atom stereocenters. The molecular formula is C24H23F3N2. The van der Waals surface area contributed by atoms with Gasteiger partial charge >= 0.3 is 6.18 Å². The number of aryl methyl sites for hydroxylation is 1. The van der Waals surface area contributed by atoms with E-state index in [9.17, 15) is 13.2 Å². The Hall–Kier alpha value is -2.82. The van der Waals surface area contributed by atoms with Crippen molar-refractivity contribution in [3.05, 3.63) is 66.4 Å². The zero-order valence-electron chi connectivity index (χ0n) is 16.3.